The molecule has 1 unspecified atom stereocenters. The van der Waals surface area contributed by atoms with Crippen molar-refractivity contribution in [1.29, 1.82) is 0 Å². The molecule has 7 aliphatic rings. The van der Waals surface area contributed by atoms with Crippen molar-refractivity contribution in [3.05, 3.63) is 99.9 Å². The standard InChI is InChI=1S/C115H159ClN14O9S4.V/c1-26-77(27-2)45-54-125-78-39-33-36-42-81(78)141-105-93(125)97(132-61-47-70(10)11)84-86(100(105)135-64-50-73(16)17)111-118-108(84)117-109-85-87(101(136-65-51-74(18)19)106-94(98(85)133-62-48-71(12)13)126(57-55-123(28-3)29-4)79-40-34-37-43-82(79)142-106)110(119-109)120-112-90-88(96(131-60-46-69(8)9)92(116)104(102(90)137-66-52-75(20)21)140-68-59-130(24,25)32-7)114-122-115-89-91(113(121-111)129(115)139-128(112)114)103(138-67-53-76(22)23)107-95(99(89)134-63-49-72(14)15)127(58-56-124(30-5)31-6)80-41-35-38-44-83(80)143-107;/h33-44,69-77,111H,26-32,45-68H2,1-25H3;/p+1. The Kier molecular flexibility index (Phi) is 37.4. The van der Waals surface area contributed by atoms with Crippen LogP contribution in [0, 0.1) is 53.3 Å². The van der Waals surface area contributed by atoms with Gasteiger partial charge in [0.25, 0.3) is 11.5 Å². The summed E-state index contributed by atoms with van der Waals surface area (Å²) >= 11 is 15.4. The molecule has 6 bridgehead atoms. The van der Waals surface area contributed by atoms with Gasteiger partial charge in [-0.1, -0.05) is 258 Å². The van der Waals surface area contributed by atoms with E-state index >= 15 is 0 Å². The Morgan fingerprint density at radius 1 is 0.465 bits per heavy atom. The van der Waals surface area contributed by atoms with Gasteiger partial charge in [-0.25, -0.2) is 0 Å². The number of likely N-dealkylation sites (N-methyl/N-ethyl adjacent to an activating group) is 2. The Hall–Kier alpha value is -8.22. The molecule has 2 aromatic heterocycles. The van der Waals surface area contributed by atoms with Crippen molar-refractivity contribution >= 4 is 148 Å². The second-order valence-electron chi connectivity index (χ2n) is 43.2. The normalized spacial score (nSPS) is 14.3. The molecular weight excluding hydrogens is 1940 g/mol. The first-order valence-corrected chi connectivity index (χ1v) is 57.6. The summed E-state index contributed by atoms with van der Waals surface area (Å²) in [5.41, 5.74) is 8.36. The van der Waals surface area contributed by atoms with Crippen LogP contribution in [0.15, 0.2) is 127 Å². The molecule has 1 radical (unpaired) electrons. The molecule has 23 nitrogen and oxygen atoms in total. The molecule has 7 aromatic carbocycles. The molecule has 0 aliphatic carbocycles. The van der Waals surface area contributed by atoms with Gasteiger partial charge < -0.3 is 87.2 Å². The number of fused-ring (bicyclic) bond motifs is 21. The molecule has 7 aliphatic heterocycles. The van der Waals surface area contributed by atoms with Crippen LogP contribution in [-0.4, -0.2) is 174 Å². The number of para-hydroxylation sites is 3. The van der Waals surface area contributed by atoms with Crippen LogP contribution < -0.4 is 78.6 Å². The topological polar surface area (TPSA) is 188 Å². The van der Waals surface area contributed by atoms with Crippen LogP contribution in [0.3, 0.4) is 0 Å². The molecule has 0 amide bonds. The fourth-order valence-corrected chi connectivity index (χ4v) is 24.5. The maximum atomic E-state index is 8.53. The van der Waals surface area contributed by atoms with Crippen molar-refractivity contribution < 1.29 is 70.3 Å². The quantitative estimate of drug-likeness (QED) is 0.0215. The van der Waals surface area contributed by atoms with E-state index in [1.54, 1.807) is 51.8 Å². The molecule has 144 heavy (non-hydrogen) atoms. The SMILES string of the molecule is CCC(CC)CCN1c2ccccc2Sc2c(OCCC(C)C)c3c(c(OCCC(C)C)c21)C1=NC3Nc2c3c(OCCC(C)C)c4c(c(OCCC(C)C)c3c3nc5c6c(OCCC(C)C)c(Cl)c(SCC[N+](C)(C)CC)c(OCCC(C)C)c6c([n+]-5on23)N=c2[n-]c(c3c(OCCC(C)C)c5c(c(OCCC(C)C)c23)Sc2ccccc2N5CCN(CC)CC)=N1)N(CCN(CC)CC)c1ccccc1S4.[V]. The summed E-state index contributed by atoms with van der Waals surface area (Å²) in [6.45, 7) is 63.7. The van der Waals surface area contributed by atoms with Crippen molar-refractivity contribution in [3.8, 4) is 51.8 Å². The van der Waals surface area contributed by atoms with Gasteiger partial charge in [0.2, 0.25) is 5.82 Å². The smallest absolute Gasteiger partial charge is 0.286 e. The summed E-state index contributed by atoms with van der Waals surface area (Å²) in [5, 5.41) is 8.51. The predicted molar refractivity (Wildman–Crippen MR) is 594 cm³/mol. The van der Waals surface area contributed by atoms with Crippen LogP contribution in [0.1, 0.15) is 247 Å². The number of hydrogen-bond acceptors (Lipinski definition) is 23. The molecule has 1 N–H and O–H groups in total. The molecule has 0 saturated heterocycles. The minimum absolute atomic E-state index is 0. The number of halogens is 1. The number of hydrogen-bond donors (Lipinski definition) is 1. The van der Waals surface area contributed by atoms with Crippen LogP contribution in [0.5, 0.6) is 46.0 Å². The molecule has 0 fully saturated rings. The zero-order valence-electron chi connectivity index (χ0n) is 90.6. The summed E-state index contributed by atoms with van der Waals surface area (Å²) in [7, 11) is 4.57. The predicted octanol–water partition coefficient (Wildman–Crippen LogP) is 28.1. The monoisotopic (exact) mass is 2100 g/mol. The third-order valence-corrected chi connectivity index (χ3v) is 33.7. The van der Waals surface area contributed by atoms with Crippen LogP contribution in [0.4, 0.5) is 45.8 Å². The largest absolute Gasteiger partial charge is 0.492 e. The number of nitrogens with zero attached hydrogens (tertiary/aromatic N) is 13. The van der Waals surface area contributed by atoms with Crippen molar-refractivity contribution in [3.63, 3.8) is 0 Å². The molecular formula is C115H160ClN14O9S4V+. The van der Waals surface area contributed by atoms with Gasteiger partial charge in [-0.3, -0.25) is 4.99 Å². The summed E-state index contributed by atoms with van der Waals surface area (Å²) < 4.78 is 75.9. The molecule has 779 valence electrons. The van der Waals surface area contributed by atoms with Gasteiger partial charge in [0.05, 0.1) is 144 Å². The third-order valence-electron chi connectivity index (χ3n) is 28.8. The zero-order chi connectivity index (χ0) is 102. The van der Waals surface area contributed by atoms with Crippen molar-refractivity contribution in [2.75, 3.05) is 165 Å². The van der Waals surface area contributed by atoms with Crippen LogP contribution in [-0.2, 0) is 18.6 Å². The number of aliphatic imine (C=N–C) groups is 1. The number of nitrogens with one attached hydrogen (secondary N) is 1. The number of amidine groups is 1. The van der Waals surface area contributed by atoms with Gasteiger partial charge >= 0.3 is 0 Å². The van der Waals surface area contributed by atoms with E-state index in [-0.39, 0.29) is 65.9 Å². The average Bonchev–Trinajstić information content (AvgIpc) is 1.52. The van der Waals surface area contributed by atoms with Crippen LogP contribution in [0.2, 0.25) is 5.02 Å². The minimum atomic E-state index is -1.07. The van der Waals surface area contributed by atoms with E-state index < -0.39 is 6.17 Å². The van der Waals surface area contributed by atoms with Crippen molar-refractivity contribution in [2.24, 2.45) is 68.2 Å². The Bertz CT molecular complexity index is 6440. The van der Waals surface area contributed by atoms with Gasteiger partial charge in [-0.05, 0) is 185 Å². The third kappa shape index (κ3) is 23.4. The fourth-order valence-electron chi connectivity index (χ4n) is 19.2. The first kappa shape index (κ1) is 110. The first-order valence-electron chi connectivity index (χ1n) is 53.8. The van der Waals surface area contributed by atoms with E-state index in [4.69, 9.17) is 79.1 Å². The number of ether oxygens (including phenoxy) is 8. The van der Waals surface area contributed by atoms with E-state index in [0.29, 0.717) is 213 Å². The number of benzene rings is 7. The molecule has 1 atom stereocenters. The van der Waals surface area contributed by atoms with Crippen LogP contribution in [0.25, 0.3) is 43.8 Å². The van der Waals surface area contributed by atoms with E-state index in [9.17, 15) is 0 Å². The van der Waals surface area contributed by atoms with E-state index in [1.807, 2.05) is 4.57 Å². The van der Waals surface area contributed by atoms with Crippen LogP contribution >= 0.6 is 58.6 Å². The first-order chi connectivity index (χ1) is 68.9. The molecule has 29 heteroatoms. The van der Waals surface area contributed by atoms with Crippen molar-refractivity contribution in [1.82, 2.24) is 24.3 Å². The number of thioether (sulfide) groups is 1. The number of aromatic nitrogens is 4. The summed E-state index contributed by atoms with van der Waals surface area (Å²) in [5.74, 6) is 9.64. The molecule has 9 aromatic rings. The maximum Gasteiger partial charge on any atom is 0.286 e. The number of quaternary nitrogens is 1. The summed E-state index contributed by atoms with van der Waals surface area (Å²) in [6, 6.07) is 26.5. The van der Waals surface area contributed by atoms with Gasteiger partial charge in [0.15, 0.2) is 35.0 Å². The van der Waals surface area contributed by atoms with Crippen molar-refractivity contribution in [2.45, 2.75) is 270 Å². The fraction of sp³-hybridized carbons (Fsp3) is 0.574. The average molecular weight is 2100 g/mol. The van der Waals surface area contributed by atoms with Gasteiger partial charge in [-0.2, -0.15) is 4.63 Å². The maximum absolute atomic E-state index is 8.53. The summed E-state index contributed by atoms with van der Waals surface area (Å²) in [4.78, 5) is 51.0. The second-order valence-corrected chi connectivity index (χ2v) is 47.8. The minimum Gasteiger partial charge on any atom is -0.492 e. The second kappa shape index (κ2) is 49.0. The van der Waals surface area contributed by atoms with Gasteiger partial charge in [0, 0.05) is 93.5 Å². The zero-order valence-corrected chi connectivity index (χ0v) is 96.0. The molecule has 0 spiro atoms. The number of rotatable bonds is 52. The van der Waals surface area contributed by atoms with Gasteiger partial charge in [0.1, 0.15) is 55.9 Å². The Morgan fingerprint density at radius 2 is 0.861 bits per heavy atom. The van der Waals surface area contributed by atoms with E-state index in [1.165, 1.54) is 0 Å². The molecule has 9 heterocycles. The van der Waals surface area contributed by atoms with Gasteiger partial charge in [-0.15, -0.1) is 11.8 Å². The number of anilines is 7. The Labute approximate surface area is 891 Å². The van der Waals surface area contributed by atoms with E-state index in [0.717, 1.165) is 201 Å². The van der Waals surface area contributed by atoms with E-state index in [2.05, 4.69) is 276 Å². The molecule has 16 rings (SSSR count). The summed E-state index contributed by atoms with van der Waals surface area (Å²) in [6.07, 6.45) is 7.88. The Balaban J connectivity index is 0.0000156. The molecule has 0 saturated carbocycles. The Morgan fingerprint density at radius 3 is 1.32 bits per heavy atom.